The lowest BCUT2D eigenvalue weighted by atomic mass is 10.3. The van der Waals surface area contributed by atoms with Gasteiger partial charge in [-0.25, -0.2) is 9.67 Å². The molecule has 19 heavy (non-hydrogen) atoms. The zero-order valence-corrected chi connectivity index (χ0v) is 11.7. The van der Waals surface area contributed by atoms with E-state index in [0.717, 1.165) is 10.2 Å². The third kappa shape index (κ3) is 2.12. The average molecular weight is 319 g/mol. The van der Waals surface area contributed by atoms with Gasteiger partial charge in [0, 0.05) is 23.9 Å². The number of hydrogen-bond donors (Lipinski definition) is 1. The summed E-state index contributed by atoms with van der Waals surface area (Å²) in [6.45, 7) is 0. The Morgan fingerprint density at radius 2 is 2.11 bits per heavy atom. The van der Waals surface area contributed by atoms with E-state index in [4.69, 9.17) is 5.73 Å². The molecule has 7 heteroatoms. The predicted molar refractivity (Wildman–Crippen MR) is 75.7 cm³/mol. The van der Waals surface area contributed by atoms with Crippen molar-refractivity contribution in [3.63, 3.8) is 0 Å². The van der Waals surface area contributed by atoms with Crippen molar-refractivity contribution in [2.45, 2.75) is 0 Å². The van der Waals surface area contributed by atoms with Gasteiger partial charge in [0.1, 0.15) is 5.69 Å². The minimum Gasteiger partial charge on any atom is -0.396 e. The highest BCUT2D eigenvalue weighted by Gasteiger charge is 2.13. The molecule has 0 bridgehead atoms. The van der Waals surface area contributed by atoms with E-state index >= 15 is 0 Å². The third-order valence-electron chi connectivity index (χ3n) is 2.75. The van der Waals surface area contributed by atoms with Gasteiger partial charge in [0.05, 0.1) is 17.6 Å². The summed E-state index contributed by atoms with van der Waals surface area (Å²) in [7, 11) is 1.85. The monoisotopic (exact) mass is 318 g/mol. The van der Waals surface area contributed by atoms with Crippen LogP contribution in [-0.2, 0) is 7.05 Å². The minimum atomic E-state index is 0.591. The zero-order valence-electron chi connectivity index (χ0n) is 10.2. The highest BCUT2D eigenvalue weighted by molar-refractivity contribution is 9.10. The topological polar surface area (TPSA) is 74.5 Å². The van der Waals surface area contributed by atoms with Gasteiger partial charge >= 0.3 is 0 Å². The van der Waals surface area contributed by atoms with Gasteiger partial charge in [0.25, 0.3) is 0 Å². The molecular weight excluding hydrogens is 308 g/mol. The Morgan fingerprint density at radius 1 is 1.26 bits per heavy atom. The highest BCUT2D eigenvalue weighted by Crippen LogP contribution is 2.24. The normalized spacial score (nSPS) is 10.8. The van der Waals surface area contributed by atoms with Crippen LogP contribution < -0.4 is 5.73 Å². The van der Waals surface area contributed by atoms with E-state index in [-0.39, 0.29) is 0 Å². The van der Waals surface area contributed by atoms with Crippen molar-refractivity contribution in [3.8, 4) is 17.2 Å². The summed E-state index contributed by atoms with van der Waals surface area (Å²) in [5.41, 5.74) is 8.17. The van der Waals surface area contributed by atoms with E-state index in [1.54, 1.807) is 28.0 Å². The number of aryl methyl sites for hydroxylation is 1. The van der Waals surface area contributed by atoms with E-state index in [1.807, 2.05) is 25.2 Å². The number of nitrogens with zero attached hydrogens (tertiary/aromatic N) is 5. The van der Waals surface area contributed by atoms with E-state index < -0.39 is 0 Å². The first-order chi connectivity index (χ1) is 9.15. The van der Waals surface area contributed by atoms with Crippen LogP contribution in [0.5, 0.6) is 0 Å². The smallest absolute Gasteiger partial charge is 0.153 e. The molecule has 0 fully saturated rings. The lowest BCUT2D eigenvalue weighted by Gasteiger charge is -2.00. The van der Waals surface area contributed by atoms with Gasteiger partial charge in [-0.1, -0.05) is 0 Å². The second kappa shape index (κ2) is 4.51. The first-order valence-electron chi connectivity index (χ1n) is 5.60. The summed E-state index contributed by atoms with van der Waals surface area (Å²) in [4.78, 5) is 4.28. The van der Waals surface area contributed by atoms with Crippen LogP contribution in [0.15, 0.2) is 41.3 Å². The number of pyridine rings is 1. The molecule has 0 aliphatic carbocycles. The molecule has 3 aromatic heterocycles. The van der Waals surface area contributed by atoms with Crippen molar-refractivity contribution in [3.05, 3.63) is 41.3 Å². The Hall–Kier alpha value is -2.15. The lowest BCUT2D eigenvalue weighted by molar-refractivity contribution is 0.768. The van der Waals surface area contributed by atoms with Crippen molar-refractivity contribution in [2.24, 2.45) is 7.05 Å². The summed E-state index contributed by atoms with van der Waals surface area (Å²) < 4.78 is 4.31. The van der Waals surface area contributed by atoms with Gasteiger partial charge in [0.2, 0.25) is 0 Å². The molecule has 6 nitrogen and oxygen atoms in total. The molecule has 0 saturated heterocycles. The van der Waals surface area contributed by atoms with Crippen molar-refractivity contribution < 1.29 is 0 Å². The Morgan fingerprint density at radius 3 is 2.74 bits per heavy atom. The number of aromatic nitrogens is 5. The summed E-state index contributed by atoms with van der Waals surface area (Å²) in [5, 5.41) is 8.58. The van der Waals surface area contributed by atoms with Gasteiger partial charge < -0.3 is 5.73 Å². The molecule has 0 aliphatic rings. The van der Waals surface area contributed by atoms with Crippen molar-refractivity contribution in [1.29, 1.82) is 0 Å². The molecule has 0 amide bonds. The van der Waals surface area contributed by atoms with Crippen LogP contribution in [0.4, 0.5) is 5.69 Å². The molecule has 0 spiro atoms. The largest absolute Gasteiger partial charge is 0.396 e. The molecular formula is C12H11BrN6. The van der Waals surface area contributed by atoms with Crippen LogP contribution in [-0.4, -0.2) is 24.5 Å². The summed E-state index contributed by atoms with van der Waals surface area (Å²) in [5.74, 6) is 0.711. The first-order valence-corrected chi connectivity index (χ1v) is 6.40. The zero-order chi connectivity index (χ0) is 13.4. The number of nitrogen functional groups attached to an aromatic ring is 1. The van der Waals surface area contributed by atoms with E-state index in [9.17, 15) is 0 Å². The summed E-state index contributed by atoms with van der Waals surface area (Å²) in [6, 6.07) is 5.64. The number of halogens is 1. The quantitative estimate of drug-likeness (QED) is 0.784. The molecule has 0 aliphatic heterocycles. The molecule has 0 aromatic carbocycles. The Labute approximate surface area is 118 Å². The van der Waals surface area contributed by atoms with Crippen molar-refractivity contribution >= 4 is 21.6 Å². The van der Waals surface area contributed by atoms with Gasteiger partial charge in [0.15, 0.2) is 5.82 Å². The fraction of sp³-hybridized carbons (Fsp3) is 0.0833. The molecule has 0 saturated carbocycles. The Balaban J connectivity index is 2.07. The van der Waals surface area contributed by atoms with E-state index in [1.165, 1.54) is 0 Å². The maximum absolute atomic E-state index is 6.01. The lowest BCUT2D eigenvalue weighted by Crippen LogP contribution is -1.99. The number of rotatable bonds is 2. The highest BCUT2D eigenvalue weighted by atomic mass is 79.9. The van der Waals surface area contributed by atoms with Gasteiger partial charge in [-0.2, -0.15) is 10.2 Å². The summed E-state index contributed by atoms with van der Waals surface area (Å²) in [6.07, 6.45) is 5.18. The second-order valence-corrected chi connectivity index (χ2v) is 4.97. The van der Waals surface area contributed by atoms with Crippen molar-refractivity contribution in [2.75, 3.05) is 5.73 Å². The van der Waals surface area contributed by atoms with Gasteiger partial charge in [-0.05, 0) is 34.1 Å². The molecule has 96 valence electrons. The van der Waals surface area contributed by atoms with E-state index in [2.05, 4.69) is 31.1 Å². The number of nitrogens with two attached hydrogens (primary N) is 1. The van der Waals surface area contributed by atoms with Crippen LogP contribution in [0.25, 0.3) is 17.2 Å². The van der Waals surface area contributed by atoms with Crippen LogP contribution in [0.3, 0.4) is 0 Å². The fourth-order valence-corrected chi connectivity index (χ4v) is 2.05. The predicted octanol–water partition coefficient (Wildman–Crippen LogP) is 2.01. The second-order valence-electron chi connectivity index (χ2n) is 4.05. The molecule has 0 unspecified atom stereocenters. The van der Waals surface area contributed by atoms with Gasteiger partial charge in [-0.3, -0.25) is 4.68 Å². The van der Waals surface area contributed by atoms with Crippen LogP contribution in [0, 0.1) is 0 Å². The molecule has 3 rings (SSSR count). The minimum absolute atomic E-state index is 0.591. The van der Waals surface area contributed by atoms with Crippen LogP contribution in [0.2, 0.25) is 0 Å². The Bertz CT molecular complexity index is 712. The van der Waals surface area contributed by atoms with Gasteiger partial charge in [-0.15, -0.1) is 0 Å². The first kappa shape index (κ1) is 11.9. The molecule has 2 N–H and O–H groups in total. The van der Waals surface area contributed by atoms with Crippen LogP contribution >= 0.6 is 15.9 Å². The molecule has 3 heterocycles. The fourth-order valence-electron chi connectivity index (χ4n) is 1.81. The van der Waals surface area contributed by atoms with Crippen LogP contribution in [0.1, 0.15) is 0 Å². The van der Waals surface area contributed by atoms with Crippen molar-refractivity contribution in [1.82, 2.24) is 24.5 Å². The maximum Gasteiger partial charge on any atom is 0.153 e. The Kier molecular flexibility index (Phi) is 2.83. The molecule has 0 radical (unpaired) electrons. The standard InChI is InChI=1S/C12H11BrN6/c1-18-10(4-5-16-18)12-9(14)7-19(17-12)11-3-2-8(13)6-15-11/h2-7H,14H2,1H3. The molecule has 0 atom stereocenters. The maximum atomic E-state index is 6.01. The molecule has 3 aromatic rings. The number of hydrogen-bond acceptors (Lipinski definition) is 4. The van der Waals surface area contributed by atoms with E-state index in [0.29, 0.717) is 17.2 Å². The third-order valence-corrected chi connectivity index (χ3v) is 3.22. The average Bonchev–Trinajstić information content (AvgIpc) is 2.96. The summed E-state index contributed by atoms with van der Waals surface area (Å²) >= 11 is 3.35. The number of anilines is 1. The SMILES string of the molecule is Cn1nccc1-c1nn(-c2ccc(Br)cn2)cc1N.